The van der Waals surface area contributed by atoms with Crippen LogP contribution in [0.4, 0.5) is 4.39 Å². The van der Waals surface area contributed by atoms with Crippen LogP contribution in [0.25, 0.3) is 11.2 Å². The van der Waals surface area contributed by atoms with Crippen molar-refractivity contribution in [3.05, 3.63) is 53.7 Å². The van der Waals surface area contributed by atoms with E-state index in [2.05, 4.69) is 15.1 Å². The second-order valence-corrected chi connectivity index (χ2v) is 6.31. The zero-order valence-electron chi connectivity index (χ0n) is 13.9. The maximum Gasteiger partial charge on any atom is 0.256 e. The summed E-state index contributed by atoms with van der Waals surface area (Å²) in [5.41, 5.74) is 2.48. The fraction of sp³-hybridized carbons (Fsp3) is 0.333. The van der Waals surface area contributed by atoms with Crippen molar-refractivity contribution < 1.29 is 9.18 Å². The number of amides is 1. The van der Waals surface area contributed by atoms with Crippen molar-refractivity contribution >= 4 is 17.1 Å². The molecule has 25 heavy (non-hydrogen) atoms. The Morgan fingerprint density at radius 2 is 2.04 bits per heavy atom. The minimum atomic E-state index is -0.483. The Kier molecular flexibility index (Phi) is 3.91. The molecule has 0 bridgehead atoms. The van der Waals surface area contributed by atoms with Crippen LogP contribution in [0, 0.1) is 5.82 Å². The molecule has 0 unspecified atom stereocenters. The number of hydrogen-bond donors (Lipinski definition) is 0. The van der Waals surface area contributed by atoms with Gasteiger partial charge in [0.25, 0.3) is 5.91 Å². The van der Waals surface area contributed by atoms with E-state index in [4.69, 9.17) is 0 Å². The SMILES string of the molecule is Cn1nc([C@@H]2CCCN(C(=O)c3ccccc3F)C2)c2nccnc21. The molecule has 7 heteroatoms. The first-order chi connectivity index (χ1) is 12.1. The van der Waals surface area contributed by atoms with E-state index in [-0.39, 0.29) is 17.4 Å². The summed E-state index contributed by atoms with van der Waals surface area (Å²) in [5, 5.41) is 4.58. The second kappa shape index (κ2) is 6.23. The predicted molar refractivity (Wildman–Crippen MR) is 90.6 cm³/mol. The van der Waals surface area contributed by atoms with Gasteiger partial charge in [-0.25, -0.2) is 19.0 Å². The van der Waals surface area contributed by atoms with E-state index in [9.17, 15) is 9.18 Å². The van der Waals surface area contributed by atoms with Crippen LogP contribution >= 0.6 is 0 Å². The largest absolute Gasteiger partial charge is 0.338 e. The van der Waals surface area contributed by atoms with Crippen molar-refractivity contribution in [2.75, 3.05) is 13.1 Å². The zero-order valence-corrected chi connectivity index (χ0v) is 13.9. The third kappa shape index (κ3) is 2.75. The van der Waals surface area contributed by atoms with Crippen LogP contribution in [-0.4, -0.2) is 43.6 Å². The van der Waals surface area contributed by atoms with Crippen molar-refractivity contribution in [2.45, 2.75) is 18.8 Å². The van der Waals surface area contributed by atoms with Crippen LogP contribution in [0.5, 0.6) is 0 Å². The van der Waals surface area contributed by atoms with Crippen LogP contribution in [0.3, 0.4) is 0 Å². The molecule has 1 aliphatic heterocycles. The van der Waals surface area contributed by atoms with Crippen LogP contribution in [0.2, 0.25) is 0 Å². The van der Waals surface area contributed by atoms with E-state index in [0.717, 1.165) is 29.7 Å². The molecule has 1 aliphatic rings. The van der Waals surface area contributed by atoms with Gasteiger partial charge >= 0.3 is 0 Å². The van der Waals surface area contributed by atoms with Crippen LogP contribution in [-0.2, 0) is 7.05 Å². The lowest BCUT2D eigenvalue weighted by Gasteiger charge is -2.32. The summed E-state index contributed by atoms with van der Waals surface area (Å²) in [6.07, 6.45) is 5.06. The number of benzene rings is 1. The average molecular weight is 339 g/mol. The van der Waals surface area contributed by atoms with Gasteiger partial charge in [-0.1, -0.05) is 12.1 Å². The van der Waals surface area contributed by atoms with Gasteiger partial charge in [-0.05, 0) is 25.0 Å². The van der Waals surface area contributed by atoms with Gasteiger partial charge in [0.2, 0.25) is 0 Å². The molecule has 128 valence electrons. The number of aromatic nitrogens is 4. The predicted octanol–water partition coefficient (Wildman–Crippen LogP) is 2.52. The topological polar surface area (TPSA) is 63.9 Å². The first-order valence-electron chi connectivity index (χ1n) is 8.32. The normalized spacial score (nSPS) is 17.8. The van der Waals surface area contributed by atoms with Gasteiger partial charge in [-0.15, -0.1) is 0 Å². The van der Waals surface area contributed by atoms with Gasteiger partial charge in [-0.3, -0.25) is 4.79 Å². The fourth-order valence-electron chi connectivity index (χ4n) is 3.47. The molecule has 0 saturated carbocycles. The minimum absolute atomic E-state index is 0.0740. The van der Waals surface area contributed by atoms with Gasteiger partial charge in [-0.2, -0.15) is 5.10 Å². The van der Waals surface area contributed by atoms with Crippen molar-refractivity contribution in [1.29, 1.82) is 0 Å². The number of likely N-dealkylation sites (tertiary alicyclic amines) is 1. The number of hydrogen-bond acceptors (Lipinski definition) is 4. The molecule has 3 heterocycles. The number of aryl methyl sites for hydroxylation is 1. The molecular formula is C18H18FN5O. The third-order valence-corrected chi connectivity index (χ3v) is 4.69. The van der Waals surface area contributed by atoms with Crippen molar-refractivity contribution in [3.63, 3.8) is 0 Å². The summed E-state index contributed by atoms with van der Waals surface area (Å²) in [7, 11) is 1.84. The average Bonchev–Trinajstić information content (AvgIpc) is 2.99. The molecule has 4 rings (SSSR count). The van der Waals surface area contributed by atoms with Crippen molar-refractivity contribution in [2.24, 2.45) is 7.05 Å². The summed E-state index contributed by atoms with van der Waals surface area (Å²) < 4.78 is 15.7. The number of fused-ring (bicyclic) bond motifs is 1. The van der Waals surface area contributed by atoms with E-state index in [1.807, 2.05) is 7.05 Å². The molecule has 2 aromatic heterocycles. The molecule has 1 saturated heterocycles. The van der Waals surface area contributed by atoms with Crippen LogP contribution in [0.1, 0.15) is 34.8 Å². The molecule has 3 aromatic rings. The van der Waals surface area contributed by atoms with Crippen LogP contribution < -0.4 is 0 Å². The lowest BCUT2D eigenvalue weighted by Crippen LogP contribution is -2.39. The minimum Gasteiger partial charge on any atom is -0.338 e. The van der Waals surface area contributed by atoms with E-state index in [0.29, 0.717) is 13.1 Å². The smallest absolute Gasteiger partial charge is 0.256 e. The maximum absolute atomic E-state index is 13.9. The Balaban J connectivity index is 1.63. The summed E-state index contributed by atoms with van der Waals surface area (Å²) >= 11 is 0. The molecule has 1 fully saturated rings. The molecule has 1 atom stereocenters. The molecule has 0 radical (unpaired) electrons. The second-order valence-electron chi connectivity index (χ2n) is 6.31. The van der Waals surface area contributed by atoms with Crippen LogP contribution in [0.15, 0.2) is 36.7 Å². The van der Waals surface area contributed by atoms with E-state index < -0.39 is 5.82 Å². The van der Waals surface area contributed by atoms with E-state index in [1.54, 1.807) is 34.1 Å². The fourth-order valence-corrected chi connectivity index (χ4v) is 3.47. The molecule has 0 N–H and O–H groups in total. The molecule has 1 aromatic carbocycles. The quantitative estimate of drug-likeness (QED) is 0.720. The Bertz CT molecular complexity index is 938. The van der Waals surface area contributed by atoms with E-state index in [1.165, 1.54) is 12.1 Å². The molecule has 0 aliphatic carbocycles. The van der Waals surface area contributed by atoms with Crippen molar-refractivity contribution in [1.82, 2.24) is 24.6 Å². The Hall–Kier alpha value is -2.83. The highest BCUT2D eigenvalue weighted by Gasteiger charge is 2.30. The van der Waals surface area contributed by atoms with Gasteiger partial charge in [0.1, 0.15) is 11.3 Å². The van der Waals surface area contributed by atoms with Gasteiger partial charge < -0.3 is 4.90 Å². The first-order valence-corrected chi connectivity index (χ1v) is 8.32. The van der Waals surface area contributed by atoms with Crippen molar-refractivity contribution in [3.8, 4) is 0 Å². The number of halogens is 1. The Morgan fingerprint density at radius 3 is 2.88 bits per heavy atom. The van der Waals surface area contributed by atoms with Gasteiger partial charge in [0.15, 0.2) is 5.65 Å². The zero-order chi connectivity index (χ0) is 17.4. The number of rotatable bonds is 2. The van der Waals surface area contributed by atoms with E-state index >= 15 is 0 Å². The first kappa shape index (κ1) is 15.7. The highest BCUT2D eigenvalue weighted by atomic mass is 19.1. The number of piperidine rings is 1. The lowest BCUT2D eigenvalue weighted by atomic mass is 9.93. The monoisotopic (exact) mass is 339 g/mol. The lowest BCUT2D eigenvalue weighted by molar-refractivity contribution is 0.0701. The molecule has 6 nitrogen and oxygen atoms in total. The van der Waals surface area contributed by atoms with Gasteiger partial charge in [0.05, 0.1) is 11.3 Å². The third-order valence-electron chi connectivity index (χ3n) is 4.69. The highest BCUT2D eigenvalue weighted by molar-refractivity contribution is 5.94. The summed E-state index contributed by atoms with van der Waals surface area (Å²) in [6.45, 7) is 1.13. The summed E-state index contributed by atoms with van der Waals surface area (Å²) in [6, 6.07) is 6.11. The molecule has 1 amide bonds. The summed E-state index contributed by atoms with van der Waals surface area (Å²) in [4.78, 5) is 23.1. The molecule has 0 spiro atoms. The molecular weight excluding hydrogens is 321 g/mol. The standard InChI is InChI=1S/C18H18FN5O/c1-23-17-16(20-8-9-21-17)15(22-23)12-5-4-10-24(11-12)18(25)13-6-2-3-7-14(13)19/h2-3,6-9,12H,4-5,10-11H2,1H3/t12-/m1/s1. The number of carbonyl (C=O) groups excluding carboxylic acids is 1. The highest BCUT2D eigenvalue weighted by Crippen LogP contribution is 2.30. The number of nitrogens with zero attached hydrogens (tertiary/aromatic N) is 5. The Labute approximate surface area is 144 Å². The Morgan fingerprint density at radius 1 is 1.24 bits per heavy atom. The number of carbonyl (C=O) groups is 1. The maximum atomic E-state index is 13.9. The summed E-state index contributed by atoms with van der Waals surface area (Å²) in [5.74, 6) is -0.678. The van der Waals surface area contributed by atoms with Gasteiger partial charge in [0, 0.05) is 38.4 Å².